The van der Waals surface area contributed by atoms with Crippen molar-refractivity contribution in [2.45, 2.75) is 0 Å². The molecule has 0 amide bonds. The molecule has 0 unspecified atom stereocenters. The van der Waals surface area contributed by atoms with E-state index in [1.165, 1.54) is 16.8 Å². The molecule has 0 saturated carbocycles. The second-order valence-electron chi connectivity index (χ2n) is 5.13. The number of benzene rings is 1. The first-order chi connectivity index (χ1) is 12.3. The van der Waals surface area contributed by atoms with Crippen LogP contribution in [0.4, 0.5) is 16.0 Å². The van der Waals surface area contributed by atoms with Crippen molar-refractivity contribution in [3.05, 3.63) is 66.4 Å². The highest BCUT2D eigenvalue weighted by Gasteiger charge is 2.12. The third kappa shape index (κ3) is 2.64. The molecule has 0 aliphatic heterocycles. The zero-order valence-electron chi connectivity index (χ0n) is 12.8. The van der Waals surface area contributed by atoms with Gasteiger partial charge in [0.05, 0.1) is 28.7 Å². The van der Waals surface area contributed by atoms with Gasteiger partial charge in [0.1, 0.15) is 6.07 Å². The van der Waals surface area contributed by atoms with Crippen molar-refractivity contribution in [1.29, 1.82) is 5.26 Å². The molecule has 8 heteroatoms. The fourth-order valence-corrected chi connectivity index (χ4v) is 2.43. The zero-order valence-corrected chi connectivity index (χ0v) is 12.8. The Kier molecular flexibility index (Phi) is 3.52. The number of hydrogen-bond donors (Lipinski definition) is 1. The number of nitrogens with zero attached hydrogens (tertiary/aromatic N) is 6. The summed E-state index contributed by atoms with van der Waals surface area (Å²) in [4.78, 5) is 8.51. The molecule has 0 aliphatic rings. The Morgan fingerprint density at radius 2 is 2.00 bits per heavy atom. The molecular weight excluding hydrogens is 321 g/mol. The molecule has 0 fully saturated rings. The van der Waals surface area contributed by atoms with Gasteiger partial charge in [-0.05, 0) is 30.3 Å². The third-order valence-electron chi connectivity index (χ3n) is 3.60. The largest absolute Gasteiger partial charge is 0.322 e. The molecule has 3 aromatic heterocycles. The first kappa shape index (κ1) is 14.7. The maximum absolute atomic E-state index is 14.2. The highest BCUT2D eigenvalue weighted by molar-refractivity contribution is 5.77. The minimum absolute atomic E-state index is 0.0464. The van der Waals surface area contributed by atoms with E-state index in [0.29, 0.717) is 5.69 Å². The molecule has 0 saturated heterocycles. The number of rotatable bonds is 3. The summed E-state index contributed by atoms with van der Waals surface area (Å²) >= 11 is 0. The molecule has 0 atom stereocenters. The van der Waals surface area contributed by atoms with E-state index in [2.05, 4.69) is 25.5 Å². The predicted molar refractivity (Wildman–Crippen MR) is 88.4 cm³/mol. The first-order valence-electron chi connectivity index (χ1n) is 7.34. The van der Waals surface area contributed by atoms with Crippen LogP contribution in [-0.2, 0) is 0 Å². The van der Waals surface area contributed by atoms with Crippen molar-refractivity contribution in [3.8, 4) is 17.3 Å². The number of hydrogen-bond acceptors (Lipinski definition) is 6. The average molecular weight is 331 g/mol. The van der Waals surface area contributed by atoms with Crippen LogP contribution in [0, 0.1) is 17.1 Å². The number of anilines is 2. The second-order valence-corrected chi connectivity index (χ2v) is 5.13. The van der Waals surface area contributed by atoms with Gasteiger partial charge in [-0.3, -0.25) is 0 Å². The van der Waals surface area contributed by atoms with Crippen LogP contribution in [0.25, 0.3) is 16.8 Å². The molecule has 0 radical (unpaired) electrons. The standard InChI is InChI=1S/C17H10FN7/c18-16-11(9-19)3-1-4-14(16)24-17-20-8-6-13(23-17)12-10-22-25-15(12)5-2-7-21-25/h1-8,10H,(H,20,23,24). The smallest absolute Gasteiger partial charge is 0.227 e. The molecule has 1 aromatic carbocycles. The predicted octanol–water partition coefficient (Wildman–Crippen LogP) is 2.94. The van der Waals surface area contributed by atoms with Crippen LogP contribution in [0.5, 0.6) is 0 Å². The maximum atomic E-state index is 14.2. The Hall–Kier alpha value is -3.86. The molecule has 0 spiro atoms. The Morgan fingerprint density at radius 3 is 2.88 bits per heavy atom. The van der Waals surface area contributed by atoms with E-state index >= 15 is 0 Å². The van der Waals surface area contributed by atoms with Crippen LogP contribution >= 0.6 is 0 Å². The molecule has 120 valence electrons. The Balaban J connectivity index is 1.72. The van der Waals surface area contributed by atoms with Gasteiger partial charge in [0, 0.05) is 18.0 Å². The lowest BCUT2D eigenvalue weighted by Gasteiger charge is -2.07. The van der Waals surface area contributed by atoms with Gasteiger partial charge in [-0.1, -0.05) is 6.07 Å². The van der Waals surface area contributed by atoms with Gasteiger partial charge < -0.3 is 5.32 Å². The molecule has 25 heavy (non-hydrogen) atoms. The Bertz CT molecular complexity index is 1110. The van der Waals surface area contributed by atoms with E-state index in [9.17, 15) is 4.39 Å². The lowest BCUT2D eigenvalue weighted by Crippen LogP contribution is -2.01. The number of halogens is 1. The number of fused-ring (bicyclic) bond motifs is 1. The minimum atomic E-state index is -0.640. The summed E-state index contributed by atoms with van der Waals surface area (Å²) in [5.74, 6) is -0.422. The van der Waals surface area contributed by atoms with Crippen LogP contribution < -0.4 is 5.32 Å². The lowest BCUT2D eigenvalue weighted by atomic mass is 10.2. The summed E-state index contributed by atoms with van der Waals surface area (Å²) in [6.45, 7) is 0. The van der Waals surface area contributed by atoms with Crippen molar-refractivity contribution in [3.63, 3.8) is 0 Å². The lowest BCUT2D eigenvalue weighted by molar-refractivity contribution is 0.628. The van der Waals surface area contributed by atoms with Crippen LogP contribution in [-0.4, -0.2) is 24.8 Å². The summed E-state index contributed by atoms with van der Waals surface area (Å²) in [6.07, 6.45) is 4.86. The quantitative estimate of drug-likeness (QED) is 0.620. The minimum Gasteiger partial charge on any atom is -0.322 e. The van der Waals surface area contributed by atoms with Crippen molar-refractivity contribution in [1.82, 2.24) is 24.8 Å². The fourth-order valence-electron chi connectivity index (χ4n) is 2.43. The van der Waals surface area contributed by atoms with Crippen molar-refractivity contribution in [2.75, 3.05) is 5.32 Å². The van der Waals surface area contributed by atoms with E-state index in [-0.39, 0.29) is 17.2 Å². The van der Waals surface area contributed by atoms with Crippen LogP contribution in [0.2, 0.25) is 0 Å². The van der Waals surface area contributed by atoms with Gasteiger partial charge in [-0.25, -0.2) is 14.4 Å². The zero-order chi connectivity index (χ0) is 17.2. The highest BCUT2D eigenvalue weighted by Crippen LogP contribution is 2.24. The van der Waals surface area contributed by atoms with E-state index < -0.39 is 5.82 Å². The van der Waals surface area contributed by atoms with Gasteiger partial charge in [0.2, 0.25) is 5.95 Å². The Labute approximate surface area is 141 Å². The average Bonchev–Trinajstić information content (AvgIpc) is 3.08. The van der Waals surface area contributed by atoms with Crippen molar-refractivity contribution >= 4 is 17.2 Å². The monoisotopic (exact) mass is 331 g/mol. The molecule has 7 nitrogen and oxygen atoms in total. The molecule has 3 heterocycles. The fraction of sp³-hybridized carbons (Fsp3) is 0. The molecule has 0 aliphatic carbocycles. The summed E-state index contributed by atoms with van der Waals surface area (Å²) in [6, 6.07) is 11.7. The van der Waals surface area contributed by atoms with Gasteiger partial charge in [0.15, 0.2) is 5.82 Å². The SMILES string of the molecule is N#Cc1cccc(Nc2nccc(-c3cnn4ncccc34)n2)c1F. The van der Waals surface area contributed by atoms with Crippen LogP contribution in [0.1, 0.15) is 5.56 Å². The van der Waals surface area contributed by atoms with Gasteiger partial charge in [-0.15, -0.1) is 0 Å². The van der Waals surface area contributed by atoms with Crippen LogP contribution in [0.15, 0.2) is 55.0 Å². The summed E-state index contributed by atoms with van der Waals surface area (Å²) < 4.78 is 15.7. The first-order valence-corrected chi connectivity index (χ1v) is 7.34. The number of nitriles is 1. The van der Waals surface area contributed by atoms with Gasteiger partial charge in [0.25, 0.3) is 0 Å². The van der Waals surface area contributed by atoms with Gasteiger partial charge in [-0.2, -0.15) is 20.1 Å². The number of nitrogens with one attached hydrogen (secondary N) is 1. The third-order valence-corrected chi connectivity index (χ3v) is 3.60. The normalized spacial score (nSPS) is 10.6. The maximum Gasteiger partial charge on any atom is 0.227 e. The second kappa shape index (κ2) is 5.98. The van der Waals surface area contributed by atoms with Crippen LogP contribution in [0.3, 0.4) is 0 Å². The van der Waals surface area contributed by atoms with E-state index in [1.807, 2.05) is 12.1 Å². The summed E-state index contributed by atoms with van der Waals surface area (Å²) in [5, 5.41) is 20.0. The van der Waals surface area contributed by atoms with E-state index in [0.717, 1.165) is 11.1 Å². The summed E-state index contributed by atoms with van der Waals surface area (Å²) in [5.41, 5.74) is 2.29. The van der Waals surface area contributed by atoms with Crippen molar-refractivity contribution in [2.24, 2.45) is 0 Å². The molecule has 4 aromatic rings. The Morgan fingerprint density at radius 1 is 1.08 bits per heavy atom. The van der Waals surface area contributed by atoms with E-state index in [4.69, 9.17) is 5.26 Å². The topological polar surface area (TPSA) is 91.8 Å². The molecular formula is C17H10FN7. The molecule has 4 rings (SSSR count). The molecule has 1 N–H and O–H groups in total. The van der Waals surface area contributed by atoms with Crippen molar-refractivity contribution < 1.29 is 4.39 Å². The summed E-state index contributed by atoms with van der Waals surface area (Å²) in [7, 11) is 0. The van der Waals surface area contributed by atoms with E-state index in [1.54, 1.807) is 36.8 Å². The van der Waals surface area contributed by atoms with Gasteiger partial charge >= 0.3 is 0 Å². The number of aromatic nitrogens is 5. The molecule has 0 bridgehead atoms. The highest BCUT2D eigenvalue weighted by atomic mass is 19.1.